The van der Waals surface area contributed by atoms with Crippen molar-refractivity contribution < 1.29 is 4.79 Å². The second-order valence-electron chi connectivity index (χ2n) is 6.08. The number of carbonyl (C=O) groups is 1. The first-order valence-corrected chi connectivity index (χ1v) is 7.70. The number of aliphatic imine (C=N–C) groups is 1. The Morgan fingerprint density at radius 1 is 1.33 bits per heavy atom. The summed E-state index contributed by atoms with van der Waals surface area (Å²) in [6.45, 7) is 7.52. The molecule has 2 aliphatic rings. The van der Waals surface area contributed by atoms with E-state index in [2.05, 4.69) is 36.4 Å². The minimum absolute atomic E-state index is 0.0778. The van der Waals surface area contributed by atoms with Crippen molar-refractivity contribution in [3.05, 3.63) is 0 Å². The highest BCUT2D eigenvalue weighted by Gasteiger charge is 2.30. The molecule has 2 N–H and O–H groups in total. The zero-order valence-electron chi connectivity index (χ0n) is 11.5. The average Bonchev–Trinajstić information content (AvgIpc) is 2.31. The summed E-state index contributed by atoms with van der Waals surface area (Å²) in [6, 6.07) is 0.261. The predicted molar refractivity (Wildman–Crippen MR) is 76.9 cm³/mol. The largest absolute Gasteiger partial charge is 0.362 e. The maximum atomic E-state index is 11.7. The molecule has 2 atom stereocenters. The summed E-state index contributed by atoms with van der Waals surface area (Å²) < 4.78 is 0. The van der Waals surface area contributed by atoms with Crippen LogP contribution >= 0.6 is 11.8 Å². The molecule has 0 aromatic heterocycles. The van der Waals surface area contributed by atoms with Gasteiger partial charge in [0.15, 0.2) is 5.17 Å². The first kappa shape index (κ1) is 13.7. The first-order chi connectivity index (χ1) is 8.47. The molecule has 1 amide bonds. The van der Waals surface area contributed by atoms with Crippen LogP contribution < -0.4 is 10.6 Å². The number of thioether (sulfide) groups is 1. The molecule has 0 radical (unpaired) electrons. The number of piperidine rings is 1. The van der Waals surface area contributed by atoms with Gasteiger partial charge in [-0.2, -0.15) is 0 Å². The van der Waals surface area contributed by atoms with E-state index in [-0.39, 0.29) is 17.4 Å². The van der Waals surface area contributed by atoms with Gasteiger partial charge in [-0.15, -0.1) is 0 Å². The van der Waals surface area contributed by atoms with Gasteiger partial charge in [0.1, 0.15) is 6.04 Å². The van der Waals surface area contributed by atoms with Crippen molar-refractivity contribution in [2.24, 2.45) is 10.4 Å². The molecule has 4 nitrogen and oxygen atoms in total. The molecule has 0 spiro atoms. The Hall–Kier alpha value is -0.710. The minimum atomic E-state index is -0.188. The van der Waals surface area contributed by atoms with Crippen molar-refractivity contribution in [1.29, 1.82) is 0 Å². The second-order valence-corrected chi connectivity index (χ2v) is 7.17. The molecular weight excluding hydrogens is 246 g/mol. The number of nitrogens with one attached hydrogen (secondary N) is 2. The number of rotatable bonds is 1. The molecule has 2 unspecified atom stereocenters. The van der Waals surface area contributed by atoms with Gasteiger partial charge in [-0.05, 0) is 24.7 Å². The Balaban J connectivity index is 2.01. The minimum Gasteiger partial charge on any atom is -0.362 e. The van der Waals surface area contributed by atoms with Crippen LogP contribution in [0.4, 0.5) is 0 Å². The van der Waals surface area contributed by atoms with Crippen LogP contribution in [0.25, 0.3) is 0 Å². The molecule has 0 saturated carbocycles. The first-order valence-electron chi connectivity index (χ1n) is 6.71. The lowest BCUT2D eigenvalue weighted by Gasteiger charge is -2.36. The van der Waals surface area contributed by atoms with Crippen LogP contribution in [0.1, 0.15) is 40.0 Å². The van der Waals surface area contributed by atoms with Gasteiger partial charge < -0.3 is 10.6 Å². The van der Waals surface area contributed by atoms with Crippen molar-refractivity contribution in [3.63, 3.8) is 0 Å². The van der Waals surface area contributed by atoms with E-state index in [0.717, 1.165) is 36.7 Å². The Labute approximate surface area is 113 Å². The van der Waals surface area contributed by atoms with E-state index in [1.165, 1.54) is 0 Å². The van der Waals surface area contributed by atoms with Gasteiger partial charge in [0.2, 0.25) is 5.91 Å². The van der Waals surface area contributed by atoms with Crippen LogP contribution in [-0.4, -0.2) is 35.5 Å². The predicted octanol–water partition coefficient (Wildman–Crippen LogP) is 1.76. The van der Waals surface area contributed by atoms with E-state index in [9.17, 15) is 4.79 Å². The van der Waals surface area contributed by atoms with Gasteiger partial charge >= 0.3 is 0 Å². The summed E-state index contributed by atoms with van der Waals surface area (Å²) in [4.78, 5) is 16.3. The van der Waals surface area contributed by atoms with E-state index in [4.69, 9.17) is 0 Å². The van der Waals surface area contributed by atoms with Crippen LogP contribution in [0.5, 0.6) is 0 Å². The van der Waals surface area contributed by atoms with Gasteiger partial charge in [-0.1, -0.05) is 32.5 Å². The smallest absolute Gasteiger partial charge is 0.244 e. The molecule has 2 aliphatic heterocycles. The number of hydrogen-bond acceptors (Lipinski definition) is 3. The molecule has 102 valence electrons. The lowest BCUT2D eigenvalue weighted by molar-refractivity contribution is -0.123. The molecular formula is C13H23N3OS. The molecule has 2 rings (SSSR count). The normalized spacial score (nSPS) is 31.9. The summed E-state index contributed by atoms with van der Waals surface area (Å²) in [5.74, 6) is 1.16. The fraction of sp³-hybridized carbons (Fsp3) is 0.846. The van der Waals surface area contributed by atoms with E-state index in [1.54, 1.807) is 11.8 Å². The molecule has 0 aromatic carbocycles. The topological polar surface area (TPSA) is 53.5 Å². The van der Waals surface area contributed by atoms with Crippen LogP contribution in [0.15, 0.2) is 4.99 Å². The van der Waals surface area contributed by atoms with Gasteiger partial charge in [-0.25, -0.2) is 4.99 Å². The van der Waals surface area contributed by atoms with E-state index in [1.807, 2.05) is 0 Å². The highest BCUT2D eigenvalue weighted by Crippen LogP contribution is 2.27. The number of amides is 1. The molecule has 2 fully saturated rings. The van der Waals surface area contributed by atoms with E-state index < -0.39 is 0 Å². The number of carbonyl (C=O) groups excluding carboxylic acids is 1. The van der Waals surface area contributed by atoms with Crippen LogP contribution in [-0.2, 0) is 4.79 Å². The maximum absolute atomic E-state index is 11.7. The third-order valence-electron chi connectivity index (χ3n) is 3.52. The Morgan fingerprint density at radius 2 is 2.11 bits per heavy atom. The molecule has 18 heavy (non-hydrogen) atoms. The van der Waals surface area contributed by atoms with Gasteiger partial charge in [0, 0.05) is 18.3 Å². The van der Waals surface area contributed by atoms with Crippen molar-refractivity contribution >= 4 is 22.8 Å². The fourth-order valence-electron chi connectivity index (χ4n) is 2.28. The number of amidine groups is 1. The third-order valence-corrected chi connectivity index (χ3v) is 4.45. The zero-order valence-corrected chi connectivity index (χ0v) is 12.3. The Kier molecular flexibility index (Phi) is 4.20. The standard InChI is InChI=1S/C13H23N3OS/c1-13(2,3)10-6-8-18-12(16-10)15-9-5-4-7-14-11(9)17/h9-10H,4-8H2,1-3H3,(H,14,17)(H,15,16). The number of hydrogen-bond donors (Lipinski definition) is 2. The highest BCUT2D eigenvalue weighted by molar-refractivity contribution is 8.13. The lowest BCUT2D eigenvalue weighted by Crippen LogP contribution is -2.47. The SMILES string of the molecule is CC(C)(C)C1CCSC(=NC2CCCNC2=O)N1. The zero-order chi connectivity index (χ0) is 13.2. The van der Waals surface area contributed by atoms with Crippen molar-refractivity contribution in [1.82, 2.24) is 10.6 Å². The number of nitrogens with zero attached hydrogens (tertiary/aromatic N) is 1. The van der Waals surface area contributed by atoms with Gasteiger partial charge in [0.05, 0.1) is 0 Å². The second kappa shape index (κ2) is 5.51. The van der Waals surface area contributed by atoms with Crippen LogP contribution in [0, 0.1) is 5.41 Å². The highest BCUT2D eigenvalue weighted by atomic mass is 32.2. The molecule has 0 aliphatic carbocycles. The Bertz CT molecular complexity index is 349. The molecule has 5 heteroatoms. The monoisotopic (exact) mass is 269 g/mol. The maximum Gasteiger partial charge on any atom is 0.244 e. The molecule has 0 bridgehead atoms. The average molecular weight is 269 g/mol. The van der Waals surface area contributed by atoms with Crippen LogP contribution in [0.2, 0.25) is 0 Å². The van der Waals surface area contributed by atoms with Crippen molar-refractivity contribution in [2.45, 2.75) is 52.1 Å². The molecule has 0 aromatic rings. The molecule has 2 heterocycles. The quantitative estimate of drug-likeness (QED) is 0.763. The summed E-state index contributed by atoms with van der Waals surface area (Å²) >= 11 is 1.74. The van der Waals surface area contributed by atoms with Crippen molar-refractivity contribution in [2.75, 3.05) is 12.3 Å². The summed E-state index contributed by atoms with van der Waals surface area (Å²) in [7, 11) is 0. The lowest BCUT2D eigenvalue weighted by atomic mass is 9.85. The van der Waals surface area contributed by atoms with Gasteiger partial charge in [0.25, 0.3) is 0 Å². The summed E-state index contributed by atoms with van der Waals surface area (Å²) in [5.41, 5.74) is 0.233. The molecule has 2 saturated heterocycles. The fourth-order valence-corrected chi connectivity index (χ4v) is 3.26. The van der Waals surface area contributed by atoms with E-state index >= 15 is 0 Å². The van der Waals surface area contributed by atoms with Gasteiger partial charge in [-0.3, -0.25) is 4.79 Å². The van der Waals surface area contributed by atoms with E-state index in [0.29, 0.717) is 6.04 Å². The third kappa shape index (κ3) is 3.40. The summed E-state index contributed by atoms with van der Waals surface area (Å²) in [6.07, 6.45) is 3.06. The summed E-state index contributed by atoms with van der Waals surface area (Å²) in [5, 5.41) is 7.32. The van der Waals surface area contributed by atoms with Crippen LogP contribution in [0.3, 0.4) is 0 Å². The van der Waals surface area contributed by atoms with Crippen molar-refractivity contribution in [3.8, 4) is 0 Å². The Morgan fingerprint density at radius 3 is 2.78 bits per heavy atom.